The summed E-state index contributed by atoms with van der Waals surface area (Å²) in [5.41, 5.74) is 0.0799. The Bertz CT molecular complexity index is 219. The molecule has 0 radical (unpaired) electrons. The van der Waals surface area contributed by atoms with E-state index in [9.17, 15) is 5.11 Å². The SMILES string of the molecule is CC1CC(NC2CC(O)C2(C)C)CS1. The smallest absolute Gasteiger partial charge is 0.0621 e. The van der Waals surface area contributed by atoms with Crippen LogP contribution < -0.4 is 5.32 Å². The molecule has 0 aromatic carbocycles. The summed E-state index contributed by atoms with van der Waals surface area (Å²) in [5.74, 6) is 1.24. The molecule has 2 nitrogen and oxygen atoms in total. The molecule has 4 unspecified atom stereocenters. The highest BCUT2D eigenvalue weighted by atomic mass is 32.2. The van der Waals surface area contributed by atoms with Gasteiger partial charge in [-0.25, -0.2) is 0 Å². The van der Waals surface area contributed by atoms with E-state index in [1.54, 1.807) is 0 Å². The van der Waals surface area contributed by atoms with Crippen LogP contribution >= 0.6 is 11.8 Å². The van der Waals surface area contributed by atoms with Crippen molar-refractivity contribution >= 4 is 11.8 Å². The van der Waals surface area contributed by atoms with Crippen molar-refractivity contribution in [1.82, 2.24) is 5.32 Å². The summed E-state index contributed by atoms with van der Waals surface area (Å²) in [6, 6.07) is 1.19. The molecule has 1 saturated heterocycles. The summed E-state index contributed by atoms with van der Waals surface area (Å²) in [7, 11) is 0. The lowest BCUT2D eigenvalue weighted by Gasteiger charge is -2.50. The monoisotopic (exact) mass is 215 g/mol. The lowest BCUT2D eigenvalue weighted by Crippen LogP contribution is -2.62. The van der Waals surface area contributed by atoms with Gasteiger partial charge in [0, 0.05) is 28.5 Å². The van der Waals surface area contributed by atoms with Gasteiger partial charge in [0.1, 0.15) is 0 Å². The summed E-state index contributed by atoms with van der Waals surface area (Å²) in [5, 5.41) is 14.1. The van der Waals surface area contributed by atoms with Crippen molar-refractivity contribution in [2.45, 2.75) is 57.1 Å². The Hall–Kier alpha value is 0.270. The summed E-state index contributed by atoms with van der Waals surface area (Å²) in [6.45, 7) is 6.61. The number of aliphatic hydroxyl groups is 1. The Kier molecular flexibility index (Phi) is 2.84. The molecule has 14 heavy (non-hydrogen) atoms. The first kappa shape index (κ1) is 10.8. The van der Waals surface area contributed by atoms with E-state index >= 15 is 0 Å². The van der Waals surface area contributed by atoms with E-state index in [0.717, 1.165) is 11.7 Å². The number of thioether (sulfide) groups is 1. The topological polar surface area (TPSA) is 32.3 Å². The Morgan fingerprint density at radius 2 is 2.07 bits per heavy atom. The summed E-state index contributed by atoms with van der Waals surface area (Å²) in [4.78, 5) is 0. The van der Waals surface area contributed by atoms with Crippen molar-refractivity contribution in [3.8, 4) is 0 Å². The largest absolute Gasteiger partial charge is 0.392 e. The summed E-state index contributed by atoms with van der Waals surface area (Å²) >= 11 is 2.06. The molecule has 0 aromatic heterocycles. The highest BCUT2D eigenvalue weighted by Gasteiger charge is 2.48. The molecule has 0 amide bonds. The maximum Gasteiger partial charge on any atom is 0.0621 e. The van der Waals surface area contributed by atoms with E-state index in [1.165, 1.54) is 12.2 Å². The molecule has 2 aliphatic rings. The van der Waals surface area contributed by atoms with Crippen molar-refractivity contribution in [1.29, 1.82) is 0 Å². The van der Waals surface area contributed by atoms with Gasteiger partial charge < -0.3 is 10.4 Å². The minimum Gasteiger partial charge on any atom is -0.392 e. The molecule has 1 heterocycles. The average Bonchev–Trinajstić information content (AvgIpc) is 2.51. The van der Waals surface area contributed by atoms with Gasteiger partial charge in [0.2, 0.25) is 0 Å². The van der Waals surface area contributed by atoms with Crippen LogP contribution in [0.4, 0.5) is 0 Å². The van der Waals surface area contributed by atoms with Gasteiger partial charge in [0.25, 0.3) is 0 Å². The fourth-order valence-electron chi connectivity index (χ4n) is 2.40. The first-order valence-electron chi connectivity index (χ1n) is 5.56. The molecule has 2 fully saturated rings. The minimum absolute atomic E-state index is 0.0799. The third-order valence-electron chi connectivity index (χ3n) is 3.85. The lowest BCUT2D eigenvalue weighted by atomic mass is 9.64. The van der Waals surface area contributed by atoms with E-state index < -0.39 is 0 Å². The van der Waals surface area contributed by atoms with E-state index in [0.29, 0.717) is 12.1 Å². The second-order valence-corrected chi connectivity index (χ2v) is 6.84. The normalized spacial score (nSPS) is 46.3. The van der Waals surface area contributed by atoms with Gasteiger partial charge in [-0.1, -0.05) is 20.8 Å². The maximum absolute atomic E-state index is 9.63. The van der Waals surface area contributed by atoms with Gasteiger partial charge in [-0.05, 0) is 12.8 Å². The molecule has 1 saturated carbocycles. The lowest BCUT2D eigenvalue weighted by molar-refractivity contribution is -0.0751. The fourth-order valence-corrected chi connectivity index (χ4v) is 3.56. The van der Waals surface area contributed by atoms with E-state index in [2.05, 4.69) is 37.8 Å². The molecular formula is C11H21NOS. The predicted octanol–water partition coefficient (Wildman–Crippen LogP) is 1.63. The zero-order valence-electron chi connectivity index (χ0n) is 9.29. The summed E-state index contributed by atoms with van der Waals surface area (Å²) < 4.78 is 0. The fraction of sp³-hybridized carbons (Fsp3) is 1.00. The predicted molar refractivity (Wildman–Crippen MR) is 61.7 cm³/mol. The molecule has 1 aliphatic carbocycles. The van der Waals surface area contributed by atoms with Gasteiger partial charge in [-0.3, -0.25) is 0 Å². The highest BCUT2D eigenvalue weighted by molar-refractivity contribution is 8.00. The van der Waals surface area contributed by atoms with Gasteiger partial charge in [-0.15, -0.1) is 0 Å². The van der Waals surface area contributed by atoms with Crippen LogP contribution in [0.25, 0.3) is 0 Å². The summed E-state index contributed by atoms with van der Waals surface area (Å²) in [6.07, 6.45) is 2.11. The van der Waals surface area contributed by atoms with Crippen LogP contribution in [0.15, 0.2) is 0 Å². The van der Waals surface area contributed by atoms with Crippen LogP contribution in [-0.4, -0.2) is 34.3 Å². The molecule has 0 spiro atoms. The highest BCUT2D eigenvalue weighted by Crippen LogP contribution is 2.41. The van der Waals surface area contributed by atoms with Crippen molar-refractivity contribution in [3.05, 3.63) is 0 Å². The standard InChI is InChI=1S/C11H21NOS/c1-7-4-8(6-14-7)12-9-5-10(13)11(9,2)3/h7-10,12-13H,4-6H2,1-3H3. The molecule has 2 rings (SSSR count). The van der Waals surface area contributed by atoms with Crippen LogP contribution in [0.1, 0.15) is 33.6 Å². The Morgan fingerprint density at radius 1 is 1.36 bits per heavy atom. The van der Waals surface area contributed by atoms with Crippen molar-refractivity contribution in [2.75, 3.05) is 5.75 Å². The van der Waals surface area contributed by atoms with Gasteiger partial charge in [0.05, 0.1) is 6.10 Å². The number of hydrogen-bond acceptors (Lipinski definition) is 3. The zero-order valence-corrected chi connectivity index (χ0v) is 10.1. The van der Waals surface area contributed by atoms with Crippen molar-refractivity contribution in [2.24, 2.45) is 5.41 Å². The van der Waals surface area contributed by atoms with Crippen molar-refractivity contribution in [3.63, 3.8) is 0 Å². The Balaban J connectivity index is 1.82. The molecule has 3 heteroatoms. The number of nitrogens with one attached hydrogen (secondary N) is 1. The Morgan fingerprint density at radius 3 is 2.50 bits per heavy atom. The first-order chi connectivity index (χ1) is 6.50. The van der Waals surface area contributed by atoms with Crippen LogP contribution in [-0.2, 0) is 0 Å². The number of aliphatic hydroxyl groups excluding tert-OH is 1. The Labute approximate surface area is 90.8 Å². The molecule has 2 N–H and O–H groups in total. The molecule has 4 atom stereocenters. The van der Waals surface area contributed by atoms with E-state index in [1.807, 2.05) is 0 Å². The molecule has 0 aromatic rings. The third-order valence-corrected chi connectivity index (χ3v) is 5.21. The van der Waals surface area contributed by atoms with E-state index in [-0.39, 0.29) is 11.5 Å². The molecule has 1 aliphatic heterocycles. The molecular weight excluding hydrogens is 194 g/mol. The van der Waals surface area contributed by atoms with Crippen LogP contribution in [0.2, 0.25) is 0 Å². The maximum atomic E-state index is 9.63. The van der Waals surface area contributed by atoms with Gasteiger partial charge >= 0.3 is 0 Å². The zero-order chi connectivity index (χ0) is 10.3. The molecule has 82 valence electrons. The van der Waals surface area contributed by atoms with Crippen LogP contribution in [0, 0.1) is 5.41 Å². The van der Waals surface area contributed by atoms with E-state index in [4.69, 9.17) is 0 Å². The van der Waals surface area contributed by atoms with Crippen LogP contribution in [0.5, 0.6) is 0 Å². The number of hydrogen-bond donors (Lipinski definition) is 2. The third kappa shape index (κ3) is 1.82. The first-order valence-corrected chi connectivity index (χ1v) is 6.60. The second kappa shape index (κ2) is 3.69. The second-order valence-electron chi connectivity index (χ2n) is 5.37. The van der Waals surface area contributed by atoms with Crippen LogP contribution in [0.3, 0.4) is 0 Å². The minimum atomic E-state index is -0.105. The average molecular weight is 215 g/mol. The molecule has 0 bridgehead atoms. The van der Waals surface area contributed by atoms with Crippen molar-refractivity contribution < 1.29 is 5.11 Å². The van der Waals surface area contributed by atoms with Gasteiger partial charge in [0.15, 0.2) is 0 Å². The van der Waals surface area contributed by atoms with Gasteiger partial charge in [-0.2, -0.15) is 11.8 Å². The quantitative estimate of drug-likeness (QED) is 0.734. The number of rotatable bonds is 2.